The fraction of sp³-hybridized carbons (Fsp3) is 0.194. The van der Waals surface area contributed by atoms with E-state index in [1.54, 1.807) is 30.1 Å². The van der Waals surface area contributed by atoms with Crippen LogP contribution in [0.3, 0.4) is 0 Å². The van der Waals surface area contributed by atoms with E-state index in [0.29, 0.717) is 11.4 Å². The first-order chi connectivity index (χ1) is 18.5. The fourth-order valence-corrected chi connectivity index (χ4v) is 6.67. The smallest absolute Gasteiger partial charge is 0.303 e. The van der Waals surface area contributed by atoms with Crippen molar-refractivity contribution in [2.24, 2.45) is 5.92 Å². The fourth-order valence-electron chi connectivity index (χ4n) is 4.89. The van der Waals surface area contributed by atoms with Crippen LogP contribution in [-0.2, 0) is 19.1 Å². The lowest BCUT2D eigenvalue weighted by atomic mass is 9.84. The van der Waals surface area contributed by atoms with Crippen molar-refractivity contribution >= 4 is 23.6 Å². The summed E-state index contributed by atoms with van der Waals surface area (Å²) < 4.78 is 10.3. The third-order valence-electron chi connectivity index (χ3n) is 6.67. The number of amides is 1. The molecule has 1 aromatic heterocycles. The molecule has 3 aromatic carbocycles. The number of hydrogen-bond donors (Lipinski definition) is 1. The summed E-state index contributed by atoms with van der Waals surface area (Å²) in [7, 11) is 1.54. The normalized spacial score (nSPS) is 17.6. The molecule has 1 aliphatic rings. The van der Waals surface area contributed by atoms with Gasteiger partial charge in [-0.05, 0) is 22.8 Å². The molecule has 0 saturated carbocycles. The van der Waals surface area contributed by atoms with Crippen LogP contribution in [0.2, 0.25) is 0 Å². The topological polar surface area (TPSA) is 77.5 Å². The van der Waals surface area contributed by atoms with Gasteiger partial charge in [0, 0.05) is 24.8 Å². The molecule has 5 rings (SSSR count). The summed E-state index contributed by atoms with van der Waals surface area (Å²) in [5, 5.41) is 2.74. The van der Waals surface area contributed by atoms with E-state index in [4.69, 9.17) is 9.47 Å². The molecule has 1 fully saturated rings. The number of carbonyl (C=O) groups excluding carboxylic acids is 2. The van der Waals surface area contributed by atoms with Crippen molar-refractivity contribution in [3.8, 4) is 5.88 Å². The van der Waals surface area contributed by atoms with Crippen molar-refractivity contribution in [1.82, 2.24) is 10.3 Å². The first kappa shape index (κ1) is 25.5. The molecule has 4 aromatic rings. The average Bonchev–Trinajstić information content (AvgIpc) is 2.96. The second-order valence-electron chi connectivity index (χ2n) is 9.02. The van der Waals surface area contributed by atoms with Crippen LogP contribution in [-0.4, -0.2) is 29.3 Å². The van der Waals surface area contributed by atoms with E-state index in [2.05, 4.69) is 46.7 Å². The van der Waals surface area contributed by atoms with Gasteiger partial charge >= 0.3 is 5.97 Å². The number of methoxy groups -OCH3 is 1. The van der Waals surface area contributed by atoms with E-state index in [1.807, 2.05) is 54.6 Å². The van der Waals surface area contributed by atoms with E-state index in [9.17, 15) is 9.59 Å². The molecule has 38 heavy (non-hydrogen) atoms. The van der Waals surface area contributed by atoms with Crippen molar-refractivity contribution in [3.63, 3.8) is 0 Å². The predicted octanol–water partition coefficient (Wildman–Crippen LogP) is 5.49. The third kappa shape index (κ3) is 4.89. The number of nitrogens with zero attached hydrogens (tertiary/aromatic N) is 1. The molecule has 0 aliphatic carbocycles. The van der Waals surface area contributed by atoms with E-state index in [-0.39, 0.29) is 11.3 Å². The Kier molecular flexibility index (Phi) is 7.47. The monoisotopic (exact) mass is 524 g/mol. The zero-order valence-electron chi connectivity index (χ0n) is 21.1. The highest BCUT2D eigenvalue weighted by Gasteiger charge is 2.52. The Labute approximate surface area is 226 Å². The maximum atomic E-state index is 13.1. The highest BCUT2D eigenvalue weighted by atomic mass is 32.2. The number of nitrogens with one attached hydrogen (secondary N) is 1. The molecule has 1 N–H and O–H groups in total. The number of benzene rings is 3. The summed E-state index contributed by atoms with van der Waals surface area (Å²) in [6, 6.07) is 34.3. The van der Waals surface area contributed by atoms with E-state index in [1.165, 1.54) is 14.0 Å². The number of hydrogen-bond acceptors (Lipinski definition) is 6. The minimum atomic E-state index is -0.794. The Hall–Kier alpha value is -4.10. The Morgan fingerprint density at radius 2 is 1.39 bits per heavy atom. The molecule has 192 valence electrons. The van der Waals surface area contributed by atoms with Crippen molar-refractivity contribution in [2.75, 3.05) is 7.11 Å². The second-order valence-corrected chi connectivity index (χ2v) is 10.4. The van der Waals surface area contributed by atoms with Gasteiger partial charge < -0.3 is 14.8 Å². The quantitative estimate of drug-likeness (QED) is 0.177. The van der Waals surface area contributed by atoms with Crippen molar-refractivity contribution in [1.29, 1.82) is 0 Å². The molecule has 0 spiro atoms. The zero-order valence-corrected chi connectivity index (χ0v) is 21.9. The summed E-state index contributed by atoms with van der Waals surface area (Å²) in [5.41, 5.74) is 3.88. The van der Waals surface area contributed by atoms with Crippen LogP contribution in [0, 0.1) is 5.92 Å². The number of carbonyl (C=O) groups is 2. The number of aromatic nitrogens is 1. The lowest BCUT2D eigenvalue weighted by Gasteiger charge is -2.46. The van der Waals surface area contributed by atoms with Gasteiger partial charge in [0.15, 0.2) is 0 Å². The largest absolute Gasteiger partial charge is 0.481 e. The minimum Gasteiger partial charge on any atom is -0.481 e. The molecule has 2 heterocycles. The highest BCUT2D eigenvalue weighted by molar-refractivity contribution is 8.01. The second kappa shape index (κ2) is 11.1. The first-order valence-corrected chi connectivity index (χ1v) is 13.2. The van der Waals surface area contributed by atoms with Gasteiger partial charge in [0.05, 0.1) is 17.2 Å². The molecule has 3 atom stereocenters. The number of thioether (sulfide) groups is 1. The number of β-lactam (4-membered cyclic amide) rings is 1. The van der Waals surface area contributed by atoms with Crippen LogP contribution in [0.15, 0.2) is 109 Å². The molecule has 1 amide bonds. The SMILES string of the molecule is COc1ccc(C(OC(C)=O)C2C(=O)NC2SC(c2ccccc2)(c2ccccc2)c2ccccc2)cn1. The van der Waals surface area contributed by atoms with Crippen LogP contribution in [0.5, 0.6) is 5.88 Å². The maximum Gasteiger partial charge on any atom is 0.303 e. The number of pyridine rings is 1. The van der Waals surface area contributed by atoms with Gasteiger partial charge in [0.25, 0.3) is 0 Å². The van der Waals surface area contributed by atoms with Gasteiger partial charge in [-0.2, -0.15) is 0 Å². The van der Waals surface area contributed by atoms with Crippen LogP contribution in [0.4, 0.5) is 0 Å². The first-order valence-electron chi connectivity index (χ1n) is 12.3. The van der Waals surface area contributed by atoms with Crippen LogP contribution >= 0.6 is 11.8 Å². The highest BCUT2D eigenvalue weighted by Crippen LogP contribution is 2.53. The van der Waals surface area contributed by atoms with Gasteiger partial charge in [0.1, 0.15) is 12.0 Å². The Morgan fingerprint density at radius 1 is 0.868 bits per heavy atom. The van der Waals surface area contributed by atoms with E-state index < -0.39 is 22.7 Å². The molecule has 0 radical (unpaired) electrons. The Bertz CT molecular complexity index is 1290. The van der Waals surface area contributed by atoms with Gasteiger partial charge in [-0.15, -0.1) is 11.8 Å². The lowest BCUT2D eigenvalue weighted by molar-refractivity contribution is -0.156. The van der Waals surface area contributed by atoms with E-state index in [0.717, 1.165) is 16.7 Å². The van der Waals surface area contributed by atoms with Gasteiger partial charge in [-0.25, -0.2) is 4.98 Å². The van der Waals surface area contributed by atoms with Crippen LogP contribution in [0.1, 0.15) is 35.3 Å². The summed E-state index contributed by atoms with van der Waals surface area (Å²) in [6.07, 6.45) is 0.802. The van der Waals surface area contributed by atoms with Gasteiger partial charge in [-0.1, -0.05) is 91.0 Å². The molecule has 1 aliphatic heterocycles. The number of ether oxygens (including phenoxy) is 2. The Balaban J connectivity index is 1.61. The third-order valence-corrected chi connectivity index (χ3v) is 8.40. The van der Waals surface area contributed by atoms with Gasteiger partial charge in [0.2, 0.25) is 11.8 Å². The molecule has 7 heteroatoms. The molecule has 1 saturated heterocycles. The van der Waals surface area contributed by atoms with Crippen LogP contribution < -0.4 is 10.1 Å². The molecular weight excluding hydrogens is 496 g/mol. The van der Waals surface area contributed by atoms with Crippen molar-refractivity contribution in [3.05, 3.63) is 132 Å². The molecule has 6 nitrogen and oxygen atoms in total. The number of rotatable bonds is 9. The summed E-state index contributed by atoms with van der Waals surface area (Å²) in [6.45, 7) is 1.35. The average molecular weight is 525 g/mol. The standard InChI is InChI=1S/C31H28N2O4S/c1-21(34)37-28(22-18-19-26(36-2)32-20-22)27-29(35)33-30(27)38-31(23-12-6-3-7-13-23,24-14-8-4-9-15-24)25-16-10-5-11-17-25/h3-20,27-28,30H,1-2H3,(H,33,35). The molecular formula is C31H28N2O4S. The predicted molar refractivity (Wildman–Crippen MR) is 148 cm³/mol. The van der Waals surface area contributed by atoms with Crippen molar-refractivity contribution < 1.29 is 19.1 Å². The maximum absolute atomic E-state index is 13.1. The number of esters is 1. The van der Waals surface area contributed by atoms with E-state index >= 15 is 0 Å². The van der Waals surface area contributed by atoms with Crippen LogP contribution in [0.25, 0.3) is 0 Å². The summed E-state index contributed by atoms with van der Waals surface area (Å²) in [5.74, 6) is -0.812. The zero-order chi connectivity index (χ0) is 26.5. The Morgan fingerprint density at radius 3 is 1.79 bits per heavy atom. The summed E-state index contributed by atoms with van der Waals surface area (Å²) >= 11 is 1.64. The van der Waals surface area contributed by atoms with Gasteiger partial charge in [-0.3, -0.25) is 9.59 Å². The lowest BCUT2D eigenvalue weighted by Crippen LogP contribution is -2.60. The molecule has 3 unspecified atom stereocenters. The van der Waals surface area contributed by atoms with Crippen molar-refractivity contribution in [2.45, 2.75) is 23.1 Å². The minimum absolute atomic E-state index is 0.173. The summed E-state index contributed by atoms with van der Waals surface area (Å²) in [4.78, 5) is 29.5. The molecule has 0 bridgehead atoms.